The fourth-order valence-corrected chi connectivity index (χ4v) is 3.27. The molecule has 0 bridgehead atoms. The molecule has 1 aliphatic rings. The molecule has 0 aliphatic carbocycles. The molecule has 1 saturated heterocycles. The van der Waals surface area contributed by atoms with Crippen LogP contribution in [0.1, 0.15) is 12.6 Å². The standard InChI is InChI=1S/C20H23N5O.2ClH/c1-14(15-12-21-13-15)19(26)24-20-23-17-7-2-3-8-18(17)25(20)11-9-16-6-4-5-10-22-16;;/h2-8,10,14-15,21H,9,11-13H2,1H3,(H,23,24,26);2*1H. The third-order valence-electron chi connectivity index (χ3n) is 5.14. The Morgan fingerprint density at radius 3 is 2.64 bits per heavy atom. The van der Waals surface area contributed by atoms with Crippen molar-refractivity contribution in [2.24, 2.45) is 11.8 Å². The quantitative estimate of drug-likeness (QED) is 0.640. The number of nitrogens with zero attached hydrogens (tertiary/aromatic N) is 3. The van der Waals surface area contributed by atoms with E-state index in [4.69, 9.17) is 0 Å². The summed E-state index contributed by atoms with van der Waals surface area (Å²) in [7, 11) is 0. The molecular formula is C20H25Cl2N5O. The van der Waals surface area contributed by atoms with E-state index in [0.29, 0.717) is 18.4 Å². The summed E-state index contributed by atoms with van der Waals surface area (Å²) in [6.45, 7) is 4.52. The highest BCUT2D eigenvalue weighted by Gasteiger charge is 2.29. The number of imidazole rings is 1. The molecule has 1 atom stereocenters. The Morgan fingerprint density at radius 2 is 1.96 bits per heavy atom. The first-order valence-corrected chi connectivity index (χ1v) is 9.09. The number of nitrogens with one attached hydrogen (secondary N) is 2. The maximum Gasteiger partial charge on any atom is 0.229 e. The van der Waals surface area contributed by atoms with Gasteiger partial charge in [0, 0.05) is 30.8 Å². The van der Waals surface area contributed by atoms with Crippen LogP contribution in [0.4, 0.5) is 5.95 Å². The number of aryl methyl sites for hydroxylation is 2. The summed E-state index contributed by atoms with van der Waals surface area (Å²) in [5.74, 6) is 1.03. The lowest BCUT2D eigenvalue weighted by Gasteiger charge is -2.31. The average Bonchev–Trinajstić information content (AvgIpc) is 2.96. The number of rotatable bonds is 6. The minimum absolute atomic E-state index is 0. The molecule has 28 heavy (non-hydrogen) atoms. The van der Waals surface area contributed by atoms with Gasteiger partial charge >= 0.3 is 0 Å². The first-order chi connectivity index (χ1) is 12.7. The number of carbonyl (C=O) groups is 1. The summed E-state index contributed by atoms with van der Waals surface area (Å²) in [4.78, 5) is 21.7. The Balaban J connectivity index is 0.00000140. The minimum Gasteiger partial charge on any atom is -0.316 e. The molecule has 150 valence electrons. The molecule has 0 saturated carbocycles. The van der Waals surface area contributed by atoms with E-state index in [1.807, 2.05) is 49.4 Å². The fraction of sp³-hybridized carbons (Fsp3) is 0.350. The number of aromatic nitrogens is 3. The van der Waals surface area contributed by atoms with E-state index in [2.05, 4.69) is 25.2 Å². The third kappa shape index (κ3) is 4.63. The lowest BCUT2D eigenvalue weighted by Crippen LogP contribution is -2.48. The summed E-state index contributed by atoms with van der Waals surface area (Å²) in [6, 6.07) is 13.9. The molecule has 8 heteroatoms. The van der Waals surface area contributed by atoms with Gasteiger partial charge in [-0.2, -0.15) is 0 Å². The van der Waals surface area contributed by atoms with Crippen LogP contribution in [0.3, 0.4) is 0 Å². The van der Waals surface area contributed by atoms with Crippen molar-refractivity contribution in [3.63, 3.8) is 0 Å². The van der Waals surface area contributed by atoms with Crippen molar-refractivity contribution in [2.45, 2.75) is 19.9 Å². The van der Waals surface area contributed by atoms with Gasteiger partial charge in [-0.1, -0.05) is 25.1 Å². The highest BCUT2D eigenvalue weighted by Crippen LogP contribution is 2.22. The lowest BCUT2D eigenvalue weighted by molar-refractivity contribution is -0.121. The molecular weight excluding hydrogens is 397 g/mol. The van der Waals surface area contributed by atoms with Gasteiger partial charge in [-0.3, -0.25) is 15.1 Å². The monoisotopic (exact) mass is 421 g/mol. The smallest absolute Gasteiger partial charge is 0.229 e. The molecule has 4 rings (SSSR count). The van der Waals surface area contributed by atoms with Crippen LogP contribution >= 0.6 is 24.8 Å². The van der Waals surface area contributed by atoms with Crippen LogP contribution in [0.25, 0.3) is 11.0 Å². The zero-order valence-electron chi connectivity index (χ0n) is 15.7. The number of halogens is 2. The number of anilines is 1. The topological polar surface area (TPSA) is 71.8 Å². The van der Waals surface area contributed by atoms with Gasteiger partial charge in [0.2, 0.25) is 11.9 Å². The number of amides is 1. The van der Waals surface area contributed by atoms with Crippen LogP contribution in [0.5, 0.6) is 0 Å². The summed E-state index contributed by atoms with van der Waals surface area (Å²) in [5.41, 5.74) is 2.94. The maximum atomic E-state index is 12.6. The van der Waals surface area contributed by atoms with E-state index in [9.17, 15) is 4.79 Å². The van der Waals surface area contributed by atoms with E-state index in [-0.39, 0.29) is 36.6 Å². The highest BCUT2D eigenvalue weighted by atomic mass is 35.5. The van der Waals surface area contributed by atoms with Crippen molar-refractivity contribution < 1.29 is 4.79 Å². The minimum atomic E-state index is -0.0275. The zero-order chi connectivity index (χ0) is 17.9. The van der Waals surface area contributed by atoms with Crippen molar-refractivity contribution >= 4 is 47.7 Å². The van der Waals surface area contributed by atoms with Crippen molar-refractivity contribution in [3.05, 3.63) is 54.4 Å². The molecule has 3 heterocycles. The van der Waals surface area contributed by atoms with Crippen molar-refractivity contribution in [1.29, 1.82) is 0 Å². The normalized spacial score (nSPS) is 14.5. The van der Waals surface area contributed by atoms with Crippen molar-refractivity contribution in [1.82, 2.24) is 19.9 Å². The molecule has 1 amide bonds. The van der Waals surface area contributed by atoms with Gasteiger partial charge in [0.05, 0.1) is 11.0 Å². The fourth-order valence-electron chi connectivity index (χ4n) is 3.27. The SMILES string of the molecule is CC(C(=O)Nc1nc2ccccc2n1CCc1ccccn1)C1CNC1.Cl.Cl. The Morgan fingerprint density at radius 1 is 1.21 bits per heavy atom. The zero-order valence-corrected chi connectivity index (χ0v) is 17.3. The Labute approximate surface area is 177 Å². The van der Waals surface area contributed by atoms with Crippen LogP contribution in [-0.2, 0) is 17.8 Å². The van der Waals surface area contributed by atoms with Crippen LogP contribution in [0.2, 0.25) is 0 Å². The summed E-state index contributed by atoms with van der Waals surface area (Å²) >= 11 is 0. The average molecular weight is 422 g/mol. The second-order valence-corrected chi connectivity index (χ2v) is 6.84. The second-order valence-electron chi connectivity index (χ2n) is 6.84. The van der Waals surface area contributed by atoms with E-state index in [1.54, 1.807) is 6.20 Å². The van der Waals surface area contributed by atoms with Gasteiger partial charge in [-0.15, -0.1) is 24.8 Å². The van der Waals surface area contributed by atoms with E-state index >= 15 is 0 Å². The first kappa shape index (κ1) is 22.1. The first-order valence-electron chi connectivity index (χ1n) is 9.09. The number of pyridine rings is 1. The summed E-state index contributed by atoms with van der Waals surface area (Å²) in [6.07, 6.45) is 2.59. The van der Waals surface area contributed by atoms with E-state index < -0.39 is 0 Å². The molecule has 0 spiro atoms. The number of fused-ring (bicyclic) bond motifs is 1. The van der Waals surface area contributed by atoms with E-state index in [1.165, 1.54) is 0 Å². The second kappa shape index (κ2) is 9.87. The number of hydrogen-bond acceptors (Lipinski definition) is 4. The van der Waals surface area contributed by atoms with Gasteiger partial charge in [0.1, 0.15) is 0 Å². The van der Waals surface area contributed by atoms with Gasteiger partial charge in [0.15, 0.2) is 0 Å². The molecule has 0 radical (unpaired) electrons. The molecule has 1 aromatic carbocycles. The highest BCUT2D eigenvalue weighted by molar-refractivity contribution is 5.93. The molecule has 2 aromatic heterocycles. The lowest BCUT2D eigenvalue weighted by atomic mass is 9.88. The molecule has 1 aliphatic heterocycles. The van der Waals surface area contributed by atoms with Gasteiger partial charge in [-0.05, 0) is 43.3 Å². The molecule has 1 unspecified atom stereocenters. The van der Waals surface area contributed by atoms with Crippen LogP contribution in [0.15, 0.2) is 48.7 Å². The molecule has 1 fully saturated rings. The van der Waals surface area contributed by atoms with Gasteiger partial charge < -0.3 is 9.88 Å². The van der Waals surface area contributed by atoms with Crippen LogP contribution in [-0.4, -0.2) is 33.5 Å². The Hall–Kier alpha value is -2.15. The van der Waals surface area contributed by atoms with Crippen molar-refractivity contribution in [3.8, 4) is 0 Å². The van der Waals surface area contributed by atoms with Gasteiger partial charge in [-0.25, -0.2) is 4.98 Å². The maximum absolute atomic E-state index is 12.6. The number of carbonyl (C=O) groups excluding carboxylic acids is 1. The Bertz CT molecular complexity index is 911. The molecule has 2 N–H and O–H groups in total. The number of benzene rings is 1. The summed E-state index contributed by atoms with van der Waals surface area (Å²) in [5, 5.41) is 6.27. The molecule has 6 nitrogen and oxygen atoms in total. The van der Waals surface area contributed by atoms with Crippen LogP contribution < -0.4 is 10.6 Å². The largest absolute Gasteiger partial charge is 0.316 e. The van der Waals surface area contributed by atoms with E-state index in [0.717, 1.165) is 36.2 Å². The predicted octanol–water partition coefficient (Wildman–Crippen LogP) is 3.31. The predicted molar refractivity (Wildman–Crippen MR) is 116 cm³/mol. The third-order valence-corrected chi connectivity index (χ3v) is 5.14. The van der Waals surface area contributed by atoms with Crippen LogP contribution in [0, 0.1) is 11.8 Å². The summed E-state index contributed by atoms with van der Waals surface area (Å²) < 4.78 is 2.08. The number of hydrogen-bond donors (Lipinski definition) is 2. The Kier molecular flexibility index (Phi) is 7.80. The molecule has 3 aromatic rings. The van der Waals surface area contributed by atoms with Gasteiger partial charge in [0.25, 0.3) is 0 Å². The van der Waals surface area contributed by atoms with Crippen molar-refractivity contribution in [2.75, 3.05) is 18.4 Å². The number of para-hydroxylation sites is 2.